The first-order valence-electron chi connectivity index (χ1n) is 10.7. The molecule has 1 heterocycles. The summed E-state index contributed by atoms with van der Waals surface area (Å²) in [6.07, 6.45) is 1.50. The van der Waals surface area contributed by atoms with Crippen molar-refractivity contribution < 1.29 is 23.4 Å². The number of methoxy groups -OCH3 is 1. The molecule has 3 aromatic carbocycles. The number of amides is 1. The van der Waals surface area contributed by atoms with Crippen LogP contribution in [0.1, 0.15) is 28.6 Å². The molecule has 0 aliphatic rings. The van der Waals surface area contributed by atoms with Crippen LogP contribution in [0.3, 0.4) is 0 Å². The summed E-state index contributed by atoms with van der Waals surface area (Å²) in [4.78, 5) is 12.5. The minimum atomic E-state index is -0.482. The van der Waals surface area contributed by atoms with Crippen molar-refractivity contribution >= 4 is 46.3 Å². The van der Waals surface area contributed by atoms with Gasteiger partial charge in [0.25, 0.3) is 0 Å². The van der Waals surface area contributed by atoms with Crippen LogP contribution in [0.15, 0.2) is 70.2 Å². The lowest BCUT2D eigenvalue weighted by Crippen LogP contribution is -2.16. The first-order chi connectivity index (χ1) is 17.0. The van der Waals surface area contributed by atoms with Crippen LogP contribution in [0, 0.1) is 0 Å². The lowest BCUT2D eigenvalue weighted by Gasteiger charge is -2.13. The molecule has 0 unspecified atom stereocenters. The number of carbonyl (C=O) groups is 1. The number of nitrogens with one attached hydrogen (secondary N) is 1. The molecule has 4 aromatic rings. The zero-order chi connectivity index (χ0) is 24.8. The number of hydrogen-bond donors (Lipinski definition) is 1. The summed E-state index contributed by atoms with van der Waals surface area (Å²) >= 11 is 12.2. The monoisotopic (exact) mass is 512 g/mol. The fraction of sp³-hybridized carbons (Fsp3) is 0.154. The van der Waals surface area contributed by atoms with Crippen molar-refractivity contribution in [1.82, 2.24) is 5.43 Å². The molecular formula is C26H22Cl2N2O5. The Morgan fingerprint density at radius 2 is 1.89 bits per heavy atom. The summed E-state index contributed by atoms with van der Waals surface area (Å²) in [5.74, 6) is 1.28. The molecule has 0 radical (unpaired) electrons. The molecule has 0 bridgehead atoms. The van der Waals surface area contributed by atoms with E-state index in [9.17, 15) is 4.79 Å². The first kappa shape index (κ1) is 24.4. The second kappa shape index (κ2) is 11.2. The predicted molar refractivity (Wildman–Crippen MR) is 136 cm³/mol. The number of benzene rings is 3. The molecule has 35 heavy (non-hydrogen) atoms. The van der Waals surface area contributed by atoms with Crippen molar-refractivity contribution in [2.24, 2.45) is 5.10 Å². The summed E-state index contributed by atoms with van der Waals surface area (Å²) in [5, 5.41) is 5.88. The number of para-hydroxylation sites is 1. The molecule has 180 valence electrons. The summed E-state index contributed by atoms with van der Waals surface area (Å²) in [7, 11) is 1.54. The Balaban J connectivity index is 1.43. The number of halogens is 2. The molecule has 0 spiro atoms. The number of furan rings is 1. The number of carbonyl (C=O) groups excluding carboxylic acids is 1. The highest BCUT2D eigenvalue weighted by Crippen LogP contribution is 2.31. The lowest BCUT2D eigenvalue weighted by molar-refractivity contribution is 0.0929. The molecule has 0 saturated carbocycles. The quantitative estimate of drug-likeness (QED) is 0.204. The van der Waals surface area contributed by atoms with E-state index in [1.807, 2.05) is 25.1 Å². The van der Waals surface area contributed by atoms with Gasteiger partial charge in [-0.3, -0.25) is 4.79 Å². The highest BCUT2D eigenvalue weighted by molar-refractivity contribution is 6.35. The molecule has 0 fully saturated rings. The van der Waals surface area contributed by atoms with Gasteiger partial charge < -0.3 is 18.6 Å². The highest BCUT2D eigenvalue weighted by atomic mass is 35.5. The molecule has 0 atom stereocenters. The van der Waals surface area contributed by atoms with Crippen molar-refractivity contribution in [3.8, 4) is 17.2 Å². The molecule has 7 nitrogen and oxygen atoms in total. The molecule has 1 aromatic heterocycles. The molecule has 1 N–H and O–H groups in total. The Hall–Kier alpha value is -3.68. The topological polar surface area (TPSA) is 82.3 Å². The number of ether oxygens (including phenoxy) is 3. The minimum Gasteiger partial charge on any atom is -0.493 e. The fourth-order valence-electron chi connectivity index (χ4n) is 3.32. The maximum atomic E-state index is 12.5. The van der Waals surface area contributed by atoms with Gasteiger partial charge in [0.05, 0.1) is 19.9 Å². The molecule has 0 saturated heterocycles. The summed E-state index contributed by atoms with van der Waals surface area (Å²) in [5.41, 5.74) is 4.48. The second-order valence-corrected chi connectivity index (χ2v) is 8.20. The largest absolute Gasteiger partial charge is 0.493 e. The Morgan fingerprint density at radius 3 is 2.66 bits per heavy atom. The number of rotatable bonds is 9. The zero-order valence-electron chi connectivity index (χ0n) is 19.0. The van der Waals surface area contributed by atoms with Gasteiger partial charge in [0.15, 0.2) is 28.6 Å². The third-order valence-electron chi connectivity index (χ3n) is 5.00. The van der Waals surface area contributed by atoms with Crippen molar-refractivity contribution in [2.45, 2.75) is 13.5 Å². The summed E-state index contributed by atoms with van der Waals surface area (Å²) < 4.78 is 22.5. The number of fused-ring (bicyclic) bond motifs is 1. The van der Waals surface area contributed by atoms with Gasteiger partial charge in [-0.15, -0.1) is 0 Å². The standard InChI is InChI=1S/C26H22Cl2N2O5/c1-3-33-23-11-16(7-10-21(23)34-15-18-8-9-19(27)13-20(18)28)14-29-30-26(31)24-12-17-5-4-6-22(32-2)25(17)35-24/h4-14H,3,15H2,1-2H3,(H,30,31)/b29-14-. The van der Waals surface area contributed by atoms with E-state index < -0.39 is 5.91 Å². The maximum Gasteiger partial charge on any atom is 0.307 e. The van der Waals surface area contributed by atoms with Gasteiger partial charge in [-0.25, -0.2) is 5.43 Å². The fourth-order valence-corrected chi connectivity index (χ4v) is 3.78. The third-order valence-corrected chi connectivity index (χ3v) is 5.58. The lowest BCUT2D eigenvalue weighted by atomic mass is 10.2. The van der Waals surface area contributed by atoms with Gasteiger partial charge >= 0.3 is 5.91 Å². The van der Waals surface area contributed by atoms with Crippen molar-refractivity contribution in [1.29, 1.82) is 0 Å². The predicted octanol–water partition coefficient (Wildman–Crippen LogP) is 6.49. The van der Waals surface area contributed by atoms with E-state index in [1.54, 1.807) is 49.6 Å². The Bertz CT molecular complexity index is 1380. The molecule has 0 aliphatic heterocycles. The minimum absolute atomic E-state index is 0.126. The van der Waals surface area contributed by atoms with Crippen LogP contribution >= 0.6 is 23.2 Å². The zero-order valence-corrected chi connectivity index (χ0v) is 20.5. The third kappa shape index (κ3) is 5.88. The van der Waals surface area contributed by atoms with Crippen molar-refractivity contribution in [2.75, 3.05) is 13.7 Å². The van der Waals surface area contributed by atoms with Gasteiger partial charge in [0.1, 0.15) is 6.61 Å². The Labute approximate surface area is 212 Å². The molecule has 9 heteroatoms. The van der Waals surface area contributed by atoms with Crippen LogP contribution in [-0.4, -0.2) is 25.8 Å². The van der Waals surface area contributed by atoms with Gasteiger partial charge in [-0.1, -0.05) is 41.4 Å². The van der Waals surface area contributed by atoms with E-state index in [4.69, 9.17) is 41.8 Å². The smallest absolute Gasteiger partial charge is 0.307 e. The first-order valence-corrected chi connectivity index (χ1v) is 11.5. The van der Waals surface area contributed by atoms with Crippen LogP contribution in [0.25, 0.3) is 11.0 Å². The van der Waals surface area contributed by atoms with E-state index in [0.29, 0.717) is 45.0 Å². The molecule has 1 amide bonds. The van der Waals surface area contributed by atoms with Crippen molar-refractivity contribution in [3.63, 3.8) is 0 Å². The van der Waals surface area contributed by atoms with E-state index in [-0.39, 0.29) is 12.4 Å². The van der Waals surface area contributed by atoms with Crippen LogP contribution < -0.4 is 19.6 Å². The van der Waals surface area contributed by atoms with Gasteiger partial charge in [0, 0.05) is 21.0 Å². The van der Waals surface area contributed by atoms with Crippen LogP contribution in [0.2, 0.25) is 10.0 Å². The normalized spacial score (nSPS) is 11.1. The maximum absolute atomic E-state index is 12.5. The van der Waals surface area contributed by atoms with E-state index in [1.165, 1.54) is 6.21 Å². The molecular weight excluding hydrogens is 491 g/mol. The Morgan fingerprint density at radius 1 is 1.03 bits per heavy atom. The van der Waals surface area contributed by atoms with Crippen molar-refractivity contribution in [3.05, 3.63) is 87.6 Å². The van der Waals surface area contributed by atoms with E-state index in [0.717, 1.165) is 10.9 Å². The second-order valence-electron chi connectivity index (χ2n) is 7.35. The van der Waals surface area contributed by atoms with Crippen LogP contribution in [0.4, 0.5) is 0 Å². The van der Waals surface area contributed by atoms with E-state index in [2.05, 4.69) is 10.5 Å². The SMILES string of the molecule is CCOc1cc(/C=N\NC(=O)c2cc3cccc(OC)c3o2)ccc1OCc1ccc(Cl)cc1Cl. The van der Waals surface area contributed by atoms with Gasteiger partial charge in [-0.2, -0.15) is 5.10 Å². The number of nitrogens with zero attached hydrogens (tertiary/aromatic N) is 1. The highest BCUT2D eigenvalue weighted by Gasteiger charge is 2.14. The van der Waals surface area contributed by atoms with Crippen LogP contribution in [0.5, 0.6) is 17.2 Å². The Kier molecular flexibility index (Phi) is 7.80. The summed E-state index contributed by atoms with van der Waals surface area (Å²) in [6, 6.07) is 17.6. The average Bonchev–Trinajstić information content (AvgIpc) is 3.29. The van der Waals surface area contributed by atoms with Gasteiger partial charge in [0.2, 0.25) is 0 Å². The van der Waals surface area contributed by atoms with Gasteiger partial charge in [-0.05, 0) is 55.0 Å². The summed E-state index contributed by atoms with van der Waals surface area (Å²) in [6.45, 7) is 2.58. The number of hydrazone groups is 1. The molecule has 0 aliphatic carbocycles. The number of hydrogen-bond acceptors (Lipinski definition) is 6. The average molecular weight is 513 g/mol. The van der Waals surface area contributed by atoms with Crippen LogP contribution in [-0.2, 0) is 6.61 Å². The van der Waals surface area contributed by atoms with E-state index >= 15 is 0 Å². The molecule has 4 rings (SSSR count).